The zero-order valence-electron chi connectivity index (χ0n) is 16.6. The van der Waals surface area contributed by atoms with E-state index in [1.165, 1.54) is 19.5 Å². The maximum Gasteiger partial charge on any atom is 0.316 e. The van der Waals surface area contributed by atoms with E-state index in [9.17, 15) is 9.59 Å². The Hall–Kier alpha value is -3.75. The molecule has 0 bridgehead atoms. The molecule has 2 atom stereocenters. The number of methoxy groups -OCH3 is 1. The lowest BCUT2D eigenvalue weighted by molar-refractivity contribution is -0.121. The van der Waals surface area contributed by atoms with Crippen molar-refractivity contribution in [3.8, 4) is 6.01 Å². The number of rotatable bonds is 3. The van der Waals surface area contributed by atoms with E-state index in [0.29, 0.717) is 18.5 Å². The number of benzene rings is 1. The minimum absolute atomic E-state index is 0.0983. The van der Waals surface area contributed by atoms with Crippen molar-refractivity contribution in [1.29, 1.82) is 0 Å². The van der Waals surface area contributed by atoms with Gasteiger partial charge < -0.3 is 15.0 Å². The molecule has 0 radical (unpaired) electrons. The van der Waals surface area contributed by atoms with E-state index in [4.69, 9.17) is 4.74 Å². The summed E-state index contributed by atoms with van der Waals surface area (Å²) in [6.45, 7) is 0.423. The summed E-state index contributed by atoms with van der Waals surface area (Å²) in [6.07, 6.45) is 6.98. The highest BCUT2D eigenvalue weighted by Crippen LogP contribution is 2.54. The number of para-hydroxylation sites is 1. The van der Waals surface area contributed by atoms with Gasteiger partial charge in [-0.05, 0) is 18.1 Å². The number of anilines is 1. The highest BCUT2D eigenvalue weighted by Gasteiger charge is 2.59. The Labute approximate surface area is 172 Å². The predicted molar refractivity (Wildman–Crippen MR) is 107 cm³/mol. The smallest absolute Gasteiger partial charge is 0.316 e. The summed E-state index contributed by atoms with van der Waals surface area (Å²) in [6, 6.07) is 7.36. The van der Waals surface area contributed by atoms with Crippen LogP contribution in [0.1, 0.15) is 33.9 Å². The van der Waals surface area contributed by atoms with Gasteiger partial charge >= 0.3 is 6.01 Å². The molecule has 5 rings (SSSR count). The van der Waals surface area contributed by atoms with Gasteiger partial charge in [0.15, 0.2) is 0 Å². The van der Waals surface area contributed by atoms with Crippen LogP contribution >= 0.6 is 0 Å². The van der Waals surface area contributed by atoms with E-state index >= 15 is 0 Å². The van der Waals surface area contributed by atoms with Crippen LogP contribution in [0.15, 0.2) is 49.1 Å². The molecule has 1 aromatic carbocycles. The number of amides is 2. The van der Waals surface area contributed by atoms with Crippen molar-refractivity contribution in [1.82, 2.24) is 24.6 Å². The predicted octanol–water partition coefficient (Wildman–Crippen LogP) is 1.70. The number of aryl methyl sites for hydroxylation is 1. The van der Waals surface area contributed by atoms with Gasteiger partial charge in [-0.3, -0.25) is 14.3 Å². The third-order valence-corrected chi connectivity index (χ3v) is 5.95. The minimum Gasteiger partial charge on any atom is -0.467 e. The summed E-state index contributed by atoms with van der Waals surface area (Å²) in [5.41, 5.74) is 1.98. The van der Waals surface area contributed by atoms with Crippen LogP contribution in [0, 0.1) is 0 Å². The van der Waals surface area contributed by atoms with Crippen LogP contribution in [0.5, 0.6) is 6.01 Å². The number of aromatic nitrogens is 4. The number of likely N-dealkylation sites (tertiary alicyclic amines) is 1. The summed E-state index contributed by atoms with van der Waals surface area (Å²) in [7, 11) is 3.28. The van der Waals surface area contributed by atoms with Crippen molar-refractivity contribution in [3.63, 3.8) is 0 Å². The van der Waals surface area contributed by atoms with Crippen LogP contribution in [0.25, 0.3) is 0 Å². The quantitative estimate of drug-likeness (QED) is 0.713. The SMILES string of the molecule is COc1ncc(C(=O)N2CCC3(C(=O)Nc4ccccc43)C2c2cnn(C)c2)cn1. The van der Waals surface area contributed by atoms with E-state index in [0.717, 1.165) is 16.8 Å². The van der Waals surface area contributed by atoms with Crippen molar-refractivity contribution < 1.29 is 14.3 Å². The van der Waals surface area contributed by atoms with Crippen molar-refractivity contribution >= 4 is 17.5 Å². The molecule has 1 N–H and O–H groups in total. The van der Waals surface area contributed by atoms with Gasteiger partial charge in [-0.1, -0.05) is 18.2 Å². The topological polar surface area (TPSA) is 102 Å². The minimum atomic E-state index is -0.872. The third-order valence-electron chi connectivity index (χ3n) is 5.95. The second kappa shape index (κ2) is 6.65. The Balaban J connectivity index is 1.62. The fourth-order valence-corrected chi connectivity index (χ4v) is 4.65. The Morgan fingerprint density at radius 3 is 2.70 bits per heavy atom. The number of nitrogens with zero attached hydrogens (tertiary/aromatic N) is 5. The van der Waals surface area contributed by atoms with Gasteiger partial charge in [-0.2, -0.15) is 5.10 Å². The van der Waals surface area contributed by atoms with Crippen molar-refractivity contribution in [3.05, 3.63) is 65.7 Å². The zero-order valence-corrected chi connectivity index (χ0v) is 16.6. The number of carbonyl (C=O) groups excluding carboxylic acids is 2. The molecule has 2 aliphatic rings. The molecule has 0 aliphatic carbocycles. The number of hydrogen-bond acceptors (Lipinski definition) is 6. The first kappa shape index (κ1) is 18.3. The van der Waals surface area contributed by atoms with E-state index in [1.807, 2.05) is 37.5 Å². The zero-order chi connectivity index (χ0) is 20.9. The van der Waals surface area contributed by atoms with Crippen LogP contribution in [0.4, 0.5) is 5.69 Å². The molecule has 9 heteroatoms. The molecular formula is C21H20N6O3. The van der Waals surface area contributed by atoms with Gasteiger partial charge in [-0.25, -0.2) is 9.97 Å². The number of fused-ring (bicyclic) bond motifs is 2. The van der Waals surface area contributed by atoms with Gasteiger partial charge in [0.05, 0.1) is 24.9 Å². The maximum atomic E-state index is 13.4. The molecule has 1 fully saturated rings. The summed E-state index contributed by atoms with van der Waals surface area (Å²) >= 11 is 0. The normalized spacial score (nSPS) is 22.3. The lowest BCUT2D eigenvalue weighted by Gasteiger charge is -2.33. The summed E-state index contributed by atoms with van der Waals surface area (Å²) in [4.78, 5) is 36.6. The van der Waals surface area contributed by atoms with Crippen LogP contribution < -0.4 is 10.1 Å². The molecule has 2 aromatic heterocycles. The fraction of sp³-hybridized carbons (Fsp3) is 0.286. The second-order valence-electron chi connectivity index (χ2n) is 7.53. The average Bonchev–Trinajstić information content (AvgIpc) is 3.45. The van der Waals surface area contributed by atoms with Crippen molar-refractivity contribution in [2.75, 3.05) is 19.0 Å². The molecule has 1 spiro atoms. The van der Waals surface area contributed by atoms with Crippen LogP contribution in [0.2, 0.25) is 0 Å². The van der Waals surface area contributed by atoms with Gasteiger partial charge in [0.1, 0.15) is 5.41 Å². The lowest BCUT2D eigenvalue weighted by atomic mass is 9.73. The average molecular weight is 404 g/mol. The van der Waals surface area contributed by atoms with Gasteiger partial charge in [0.2, 0.25) is 5.91 Å². The third kappa shape index (κ3) is 2.51. The molecule has 2 amide bonds. The molecule has 3 aromatic rings. The maximum absolute atomic E-state index is 13.4. The molecule has 30 heavy (non-hydrogen) atoms. The van der Waals surface area contributed by atoms with Crippen molar-refractivity contribution in [2.24, 2.45) is 7.05 Å². The van der Waals surface area contributed by atoms with Crippen molar-refractivity contribution in [2.45, 2.75) is 17.9 Å². The monoisotopic (exact) mass is 404 g/mol. The first-order valence-corrected chi connectivity index (χ1v) is 9.61. The molecule has 4 heterocycles. The fourth-order valence-electron chi connectivity index (χ4n) is 4.65. The highest BCUT2D eigenvalue weighted by molar-refractivity contribution is 6.08. The molecule has 0 saturated carbocycles. The summed E-state index contributed by atoms with van der Waals surface area (Å²) in [5, 5.41) is 7.30. The first-order chi connectivity index (χ1) is 14.5. The van der Waals surface area contributed by atoms with E-state index < -0.39 is 11.5 Å². The lowest BCUT2D eigenvalue weighted by Crippen LogP contribution is -2.42. The van der Waals surface area contributed by atoms with E-state index in [1.54, 1.807) is 15.8 Å². The number of nitrogens with one attached hydrogen (secondary N) is 1. The Morgan fingerprint density at radius 1 is 1.23 bits per heavy atom. The van der Waals surface area contributed by atoms with Crippen LogP contribution in [-0.2, 0) is 17.3 Å². The van der Waals surface area contributed by atoms with Gasteiger partial charge in [0, 0.05) is 43.4 Å². The summed E-state index contributed by atoms with van der Waals surface area (Å²) < 4.78 is 6.67. The molecule has 2 aliphatic heterocycles. The molecule has 9 nitrogen and oxygen atoms in total. The first-order valence-electron chi connectivity index (χ1n) is 9.61. The second-order valence-corrected chi connectivity index (χ2v) is 7.53. The molecule has 2 unspecified atom stereocenters. The number of carbonyl (C=O) groups is 2. The van der Waals surface area contributed by atoms with Gasteiger partial charge in [0.25, 0.3) is 5.91 Å². The summed E-state index contributed by atoms with van der Waals surface area (Å²) in [5.74, 6) is -0.334. The van der Waals surface area contributed by atoms with E-state index in [2.05, 4.69) is 20.4 Å². The standard InChI is InChI=1S/C21H20N6O3/c1-26-12-14(11-24-26)17-21(15-5-3-4-6-16(15)25-19(21)29)7-8-27(17)18(28)13-9-22-20(30-2)23-10-13/h3-6,9-12,17H,7-8H2,1-2H3,(H,25,29). The number of ether oxygens (including phenoxy) is 1. The largest absolute Gasteiger partial charge is 0.467 e. The Bertz CT molecular complexity index is 1140. The van der Waals surface area contributed by atoms with Crippen LogP contribution in [0.3, 0.4) is 0 Å². The molecular weight excluding hydrogens is 384 g/mol. The molecule has 1 saturated heterocycles. The Morgan fingerprint density at radius 2 is 2.00 bits per heavy atom. The van der Waals surface area contributed by atoms with E-state index in [-0.39, 0.29) is 17.8 Å². The van der Waals surface area contributed by atoms with Crippen LogP contribution in [-0.4, -0.2) is 50.1 Å². The Kier molecular flexibility index (Phi) is 4.05. The molecule has 152 valence electrons. The number of hydrogen-bond donors (Lipinski definition) is 1. The highest BCUT2D eigenvalue weighted by atomic mass is 16.5. The van der Waals surface area contributed by atoms with Gasteiger partial charge in [-0.15, -0.1) is 0 Å².